The molecule has 4 nitrogen and oxygen atoms in total. The van der Waals surface area contributed by atoms with Crippen LogP contribution in [0.25, 0.3) is 11.3 Å². The van der Waals surface area contributed by atoms with Crippen LogP contribution in [0, 0.1) is 0 Å². The van der Waals surface area contributed by atoms with Crippen LogP contribution in [0.4, 0.5) is 0 Å². The molecule has 3 aromatic rings. The molecule has 2 aromatic carbocycles. The molecule has 0 spiro atoms. The van der Waals surface area contributed by atoms with E-state index in [1.54, 1.807) is 21.1 Å². The summed E-state index contributed by atoms with van der Waals surface area (Å²) < 4.78 is 10.4. The van der Waals surface area contributed by atoms with Crippen LogP contribution in [0.2, 0.25) is 0 Å². The lowest BCUT2D eigenvalue weighted by molar-refractivity contribution is 0.102. The molecular weight excluding hydrogens is 322 g/mol. The minimum atomic E-state index is -1.18. The van der Waals surface area contributed by atoms with Gasteiger partial charge in [0.1, 0.15) is 22.1 Å². The summed E-state index contributed by atoms with van der Waals surface area (Å²) in [6, 6.07) is 15.1. The second-order valence-electron chi connectivity index (χ2n) is 5.57. The number of hydrogen-bond acceptors (Lipinski definition) is 5. The van der Waals surface area contributed by atoms with E-state index < -0.39 is 5.60 Å². The fourth-order valence-corrected chi connectivity index (χ4v) is 3.35. The van der Waals surface area contributed by atoms with Gasteiger partial charge in [-0.2, -0.15) is 0 Å². The third-order valence-corrected chi connectivity index (χ3v) is 4.99. The van der Waals surface area contributed by atoms with E-state index in [1.807, 2.05) is 53.9 Å². The number of nitrogens with zero attached hydrogens (tertiary/aromatic N) is 1. The van der Waals surface area contributed by atoms with Crippen LogP contribution in [0.1, 0.15) is 17.5 Å². The van der Waals surface area contributed by atoms with Crippen molar-refractivity contribution in [2.24, 2.45) is 0 Å². The fraction of sp³-hybridized carbons (Fsp3) is 0.211. The summed E-state index contributed by atoms with van der Waals surface area (Å²) in [5.74, 6) is 1.51. The number of aliphatic hydroxyl groups is 1. The van der Waals surface area contributed by atoms with E-state index in [0.29, 0.717) is 10.8 Å². The number of rotatable bonds is 5. The van der Waals surface area contributed by atoms with Crippen LogP contribution >= 0.6 is 11.3 Å². The van der Waals surface area contributed by atoms with Gasteiger partial charge in [0.25, 0.3) is 0 Å². The molecule has 0 saturated heterocycles. The van der Waals surface area contributed by atoms with Crippen LogP contribution < -0.4 is 9.47 Å². The first-order valence-electron chi connectivity index (χ1n) is 7.52. The van der Waals surface area contributed by atoms with E-state index in [9.17, 15) is 5.11 Å². The Morgan fingerprint density at radius 1 is 1.00 bits per heavy atom. The topological polar surface area (TPSA) is 51.6 Å². The molecule has 0 aliphatic rings. The molecule has 3 rings (SSSR count). The van der Waals surface area contributed by atoms with E-state index >= 15 is 0 Å². The lowest BCUT2D eigenvalue weighted by Gasteiger charge is -2.21. The number of benzene rings is 2. The summed E-state index contributed by atoms with van der Waals surface area (Å²) in [7, 11) is 3.25. The predicted molar refractivity (Wildman–Crippen MR) is 95.8 cm³/mol. The summed E-state index contributed by atoms with van der Waals surface area (Å²) in [4.78, 5) is 4.63. The largest absolute Gasteiger partial charge is 0.497 e. The Hall–Kier alpha value is -2.37. The van der Waals surface area contributed by atoms with Gasteiger partial charge in [0.2, 0.25) is 0 Å². The standard InChI is InChI=1S/C19H19NO3S/c1-19(21,14-5-4-6-16(11-14)23-3)18-20-17(12-24-18)13-7-9-15(22-2)10-8-13/h4-12,21H,1-3H3. The average Bonchev–Trinajstić information content (AvgIpc) is 3.13. The van der Waals surface area contributed by atoms with Gasteiger partial charge in [0.15, 0.2) is 0 Å². The van der Waals surface area contributed by atoms with E-state index in [4.69, 9.17) is 9.47 Å². The van der Waals surface area contributed by atoms with Crippen molar-refractivity contribution in [2.75, 3.05) is 14.2 Å². The molecule has 1 N–H and O–H groups in total. The molecule has 0 aliphatic heterocycles. The van der Waals surface area contributed by atoms with Crippen LogP contribution in [-0.2, 0) is 5.60 Å². The number of thiazole rings is 1. The second kappa shape index (κ2) is 6.63. The smallest absolute Gasteiger partial charge is 0.138 e. The summed E-state index contributed by atoms with van der Waals surface area (Å²) >= 11 is 1.44. The molecule has 0 bridgehead atoms. The molecule has 124 valence electrons. The number of ether oxygens (including phenoxy) is 2. The first-order chi connectivity index (χ1) is 11.5. The molecule has 0 radical (unpaired) electrons. The van der Waals surface area contributed by atoms with E-state index in [-0.39, 0.29) is 0 Å². The van der Waals surface area contributed by atoms with Crippen molar-refractivity contribution >= 4 is 11.3 Å². The molecule has 0 amide bonds. The van der Waals surface area contributed by atoms with Gasteiger partial charge in [0, 0.05) is 10.9 Å². The first kappa shape index (κ1) is 16.5. The Bertz CT molecular complexity index is 825. The van der Waals surface area contributed by atoms with Gasteiger partial charge in [-0.3, -0.25) is 0 Å². The zero-order chi connectivity index (χ0) is 17.2. The summed E-state index contributed by atoms with van der Waals surface area (Å²) in [5, 5.41) is 13.6. The van der Waals surface area contributed by atoms with Crippen molar-refractivity contribution in [1.29, 1.82) is 0 Å². The highest BCUT2D eigenvalue weighted by Gasteiger charge is 2.29. The normalized spacial score (nSPS) is 13.3. The summed E-state index contributed by atoms with van der Waals surface area (Å²) in [6.07, 6.45) is 0. The maximum atomic E-state index is 11.0. The third-order valence-electron chi connectivity index (χ3n) is 3.94. The van der Waals surface area contributed by atoms with E-state index in [1.165, 1.54) is 11.3 Å². The Morgan fingerprint density at radius 2 is 1.71 bits per heavy atom. The molecular formula is C19H19NO3S. The van der Waals surface area contributed by atoms with Gasteiger partial charge in [-0.1, -0.05) is 12.1 Å². The SMILES string of the molecule is COc1ccc(-c2csc(C(C)(O)c3cccc(OC)c3)n2)cc1. The van der Waals surface area contributed by atoms with Crippen LogP contribution in [-0.4, -0.2) is 24.3 Å². The van der Waals surface area contributed by atoms with Gasteiger partial charge >= 0.3 is 0 Å². The van der Waals surface area contributed by atoms with Crippen molar-refractivity contribution in [3.05, 3.63) is 64.5 Å². The van der Waals surface area contributed by atoms with E-state index in [2.05, 4.69) is 4.98 Å². The number of hydrogen-bond donors (Lipinski definition) is 1. The molecule has 0 fully saturated rings. The zero-order valence-electron chi connectivity index (χ0n) is 13.8. The van der Waals surface area contributed by atoms with Gasteiger partial charge < -0.3 is 14.6 Å². The van der Waals surface area contributed by atoms with Gasteiger partial charge in [-0.25, -0.2) is 4.98 Å². The number of aromatic nitrogens is 1. The molecule has 0 saturated carbocycles. The van der Waals surface area contributed by atoms with Crippen LogP contribution in [0.3, 0.4) is 0 Å². The van der Waals surface area contributed by atoms with Gasteiger partial charge in [0.05, 0.1) is 19.9 Å². The van der Waals surface area contributed by atoms with Crippen molar-refractivity contribution in [1.82, 2.24) is 4.98 Å². The minimum Gasteiger partial charge on any atom is -0.497 e. The highest BCUT2D eigenvalue weighted by molar-refractivity contribution is 7.10. The van der Waals surface area contributed by atoms with Crippen molar-refractivity contribution in [2.45, 2.75) is 12.5 Å². The Kier molecular flexibility index (Phi) is 4.55. The Balaban J connectivity index is 1.93. The minimum absolute atomic E-state index is 0.640. The summed E-state index contributed by atoms with van der Waals surface area (Å²) in [6.45, 7) is 1.75. The van der Waals surface area contributed by atoms with Crippen LogP contribution in [0.15, 0.2) is 53.9 Å². The van der Waals surface area contributed by atoms with Gasteiger partial charge in [-0.05, 0) is 48.9 Å². The lowest BCUT2D eigenvalue weighted by atomic mass is 9.96. The average molecular weight is 341 g/mol. The maximum Gasteiger partial charge on any atom is 0.138 e. The quantitative estimate of drug-likeness (QED) is 0.760. The number of methoxy groups -OCH3 is 2. The van der Waals surface area contributed by atoms with Crippen molar-refractivity contribution in [3.63, 3.8) is 0 Å². The molecule has 0 aliphatic carbocycles. The van der Waals surface area contributed by atoms with Crippen molar-refractivity contribution < 1.29 is 14.6 Å². The zero-order valence-corrected chi connectivity index (χ0v) is 14.6. The molecule has 1 atom stereocenters. The first-order valence-corrected chi connectivity index (χ1v) is 8.40. The molecule has 1 aromatic heterocycles. The molecule has 1 unspecified atom stereocenters. The highest BCUT2D eigenvalue weighted by Crippen LogP contribution is 2.35. The van der Waals surface area contributed by atoms with Gasteiger partial charge in [-0.15, -0.1) is 11.3 Å². The second-order valence-corrected chi connectivity index (χ2v) is 6.43. The van der Waals surface area contributed by atoms with Crippen LogP contribution in [0.5, 0.6) is 11.5 Å². The molecule has 1 heterocycles. The predicted octanol–water partition coefficient (Wildman–Crippen LogP) is 4.08. The van der Waals surface area contributed by atoms with Crippen molar-refractivity contribution in [3.8, 4) is 22.8 Å². The Morgan fingerprint density at radius 3 is 2.38 bits per heavy atom. The summed E-state index contributed by atoms with van der Waals surface area (Å²) in [5.41, 5.74) is 1.39. The fourth-order valence-electron chi connectivity index (χ4n) is 2.44. The Labute approximate surface area is 145 Å². The molecule has 5 heteroatoms. The maximum absolute atomic E-state index is 11.0. The van der Waals surface area contributed by atoms with E-state index in [0.717, 1.165) is 22.6 Å². The highest BCUT2D eigenvalue weighted by atomic mass is 32.1. The lowest BCUT2D eigenvalue weighted by Crippen LogP contribution is -2.22. The monoisotopic (exact) mass is 341 g/mol. The molecule has 24 heavy (non-hydrogen) atoms. The third kappa shape index (κ3) is 3.13.